The molecule has 0 bridgehead atoms. The first-order valence-electron chi connectivity index (χ1n) is 6.27. The number of hydrogen-bond donors (Lipinski definition) is 1. The predicted molar refractivity (Wildman–Crippen MR) is 77.6 cm³/mol. The second-order valence-electron chi connectivity index (χ2n) is 4.89. The van der Waals surface area contributed by atoms with Crippen molar-refractivity contribution in [1.82, 2.24) is 0 Å². The molecule has 1 unspecified atom stereocenters. The van der Waals surface area contributed by atoms with Crippen LogP contribution in [0.3, 0.4) is 0 Å². The van der Waals surface area contributed by atoms with E-state index in [4.69, 9.17) is 10.2 Å². The maximum absolute atomic E-state index is 14.0. The van der Waals surface area contributed by atoms with E-state index >= 15 is 0 Å². The van der Waals surface area contributed by atoms with Crippen molar-refractivity contribution < 1.29 is 13.2 Å². The molecule has 0 radical (unpaired) electrons. The summed E-state index contributed by atoms with van der Waals surface area (Å²) in [5, 5.41) is 0. The van der Waals surface area contributed by atoms with Gasteiger partial charge in [-0.15, -0.1) is 0 Å². The zero-order valence-electron chi connectivity index (χ0n) is 11.6. The van der Waals surface area contributed by atoms with Gasteiger partial charge in [0.05, 0.1) is 4.47 Å². The van der Waals surface area contributed by atoms with Gasteiger partial charge in [-0.3, -0.25) is 0 Å². The maximum atomic E-state index is 14.0. The lowest BCUT2D eigenvalue weighted by atomic mass is 9.96. The zero-order chi connectivity index (χ0) is 15.0. The topological polar surface area (TPSA) is 39.2 Å². The van der Waals surface area contributed by atoms with Gasteiger partial charge in [0.25, 0.3) is 0 Å². The summed E-state index contributed by atoms with van der Waals surface area (Å²) in [6.45, 7) is 5.55. The third kappa shape index (κ3) is 2.65. The Balaban J connectivity index is 2.38. The van der Waals surface area contributed by atoms with E-state index < -0.39 is 17.7 Å². The summed E-state index contributed by atoms with van der Waals surface area (Å²) in [4.78, 5) is 0. The number of aryl methyl sites for hydroxylation is 2. The molecule has 20 heavy (non-hydrogen) atoms. The van der Waals surface area contributed by atoms with Crippen LogP contribution in [0.2, 0.25) is 0 Å². The third-order valence-corrected chi connectivity index (χ3v) is 4.16. The molecule has 0 saturated carbocycles. The highest BCUT2D eigenvalue weighted by molar-refractivity contribution is 9.10. The molecular weight excluding hydrogens is 328 g/mol. The van der Waals surface area contributed by atoms with E-state index in [0.717, 1.165) is 16.9 Å². The Labute approximate surface area is 125 Å². The van der Waals surface area contributed by atoms with Crippen molar-refractivity contribution >= 4 is 15.9 Å². The standard InChI is InChI=1S/C15H16BrF2NO/c1-7-8(2)20-9(3)14(7)13(19)6-10-12(17)5-4-11(16)15(10)18/h4-5,13H,6,19H2,1-3H3. The van der Waals surface area contributed by atoms with Crippen LogP contribution >= 0.6 is 15.9 Å². The number of nitrogens with two attached hydrogens (primary N) is 1. The molecule has 0 fully saturated rings. The molecule has 2 N–H and O–H groups in total. The molecule has 108 valence electrons. The van der Waals surface area contributed by atoms with Gasteiger partial charge in [0, 0.05) is 17.2 Å². The third-order valence-electron chi connectivity index (χ3n) is 3.55. The Kier molecular flexibility index (Phi) is 4.30. The molecule has 1 atom stereocenters. The van der Waals surface area contributed by atoms with E-state index in [1.165, 1.54) is 12.1 Å². The minimum atomic E-state index is -0.601. The molecule has 0 aliphatic heterocycles. The normalized spacial score (nSPS) is 12.8. The van der Waals surface area contributed by atoms with E-state index in [9.17, 15) is 8.78 Å². The van der Waals surface area contributed by atoms with Crippen molar-refractivity contribution in [3.8, 4) is 0 Å². The van der Waals surface area contributed by atoms with Gasteiger partial charge in [-0.1, -0.05) is 0 Å². The van der Waals surface area contributed by atoms with Gasteiger partial charge >= 0.3 is 0 Å². The second-order valence-corrected chi connectivity index (χ2v) is 5.74. The van der Waals surface area contributed by atoms with Crippen molar-refractivity contribution in [2.45, 2.75) is 33.2 Å². The zero-order valence-corrected chi connectivity index (χ0v) is 13.1. The van der Waals surface area contributed by atoms with Gasteiger partial charge in [0.2, 0.25) is 0 Å². The van der Waals surface area contributed by atoms with Crippen LogP contribution in [0.4, 0.5) is 8.78 Å². The van der Waals surface area contributed by atoms with Gasteiger partial charge in [-0.25, -0.2) is 8.78 Å². The van der Waals surface area contributed by atoms with Crippen molar-refractivity contribution in [2.24, 2.45) is 5.73 Å². The monoisotopic (exact) mass is 343 g/mol. The highest BCUT2D eigenvalue weighted by Crippen LogP contribution is 2.30. The lowest BCUT2D eigenvalue weighted by Crippen LogP contribution is -2.16. The lowest BCUT2D eigenvalue weighted by Gasteiger charge is -2.14. The summed E-state index contributed by atoms with van der Waals surface area (Å²) in [5.41, 5.74) is 7.87. The molecule has 1 heterocycles. The maximum Gasteiger partial charge on any atom is 0.143 e. The largest absolute Gasteiger partial charge is 0.466 e. The van der Waals surface area contributed by atoms with Gasteiger partial charge < -0.3 is 10.2 Å². The number of halogens is 3. The van der Waals surface area contributed by atoms with Gasteiger partial charge in [-0.05, 0) is 60.8 Å². The van der Waals surface area contributed by atoms with Crippen molar-refractivity contribution in [1.29, 1.82) is 0 Å². The Morgan fingerprint density at radius 1 is 1.20 bits per heavy atom. The van der Waals surface area contributed by atoms with Gasteiger partial charge in [0.15, 0.2) is 0 Å². The van der Waals surface area contributed by atoms with Crippen molar-refractivity contribution in [2.75, 3.05) is 0 Å². The average molecular weight is 344 g/mol. The van der Waals surface area contributed by atoms with Crippen LogP contribution in [0.15, 0.2) is 21.0 Å². The summed E-state index contributed by atoms with van der Waals surface area (Å²) in [6.07, 6.45) is 0.0811. The quantitative estimate of drug-likeness (QED) is 0.834. The Bertz CT molecular complexity index is 652. The first kappa shape index (κ1) is 15.2. The molecule has 0 spiro atoms. The SMILES string of the molecule is Cc1oc(C)c(C(N)Cc2c(F)ccc(Br)c2F)c1C. The fraction of sp³-hybridized carbons (Fsp3) is 0.333. The van der Waals surface area contributed by atoms with Gasteiger partial charge in [0.1, 0.15) is 23.2 Å². The summed E-state index contributed by atoms with van der Waals surface area (Å²) in [7, 11) is 0. The molecule has 2 rings (SSSR count). The van der Waals surface area contributed by atoms with E-state index in [1.54, 1.807) is 0 Å². The van der Waals surface area contributed by atoms with E-state index in [0.29, 0.717) is 5.76 Å². The predicted octanol–water partition coefficient (Wildman–Crippen LogP) is 4.49. The minimum Gasteiger partial charge on any atom is -0.466 e. The van der Waals surface area contributed by atoms with Gasteiger partial charge in [-0.2, -0.15) is 0 Å². The van der Waals surface area contributed by atoms with Crippen molar-refractivity contribution in [3.05, 3.63) is 56.5 Å². The van der Waals surface area contributed by atoms with Crippen LogP contribution < -0.4 is 5.73 Å². The second kappa shape index (κ2) is 5.66. The van der Waals surface area contributed by atoms with Crippen LogP contribution in [-0.4, -0.2) is 0 Å². The summed E-state index contributed by atoms with van der Waals surface area (Å²) < 4.78 is 33.5. The lowest BCUT2D eigenvalue weighted by molar-refractivity contribution is 0.493. The fourth-order valence-electron chi connectivity index (χ4n) is 2.43. The first-order valence-corrected chi connectivity index (χ1v) is 7.06. The molecule has 1 aromatic carbocycles. The number of rotatable bonds is 3. The molecule has 0 aliphatic carbocycles. The molecule has 5 heteroatoms. The smallest absolute Gasteiger partial charge is 0.143 e. The van der Waals surface area contributed by atoms with E-state index in [-0.39, 0.29) is 16.5 Å². The minimum absolute atomic E-state index is 0.00970. The van der Waals surface area contributed by atoms with E-state index in [1.807, 2.05) is 20.8 Å². The highest BCUT2D eigenvalue weighted by Gasteiger charge is 2.22. The van der Waals surface area contributed by atoms with Crippen LogP contribution in [-0.2, 0) is 6.42 Å². The number of furan rings is 1. The summed E-state index contributed by atoms with van der Waals surface area (Å²) in [5.74, 6) is 0.291. The fourth-order valence-corrected chi connectivity index (χ4v) is 2.80. The van der Waals surface area contributed by atoms with Crippen LogP contribution in [0.5, 0.6) is 0 Å². The summed E-state index contributed by atoms with van der Waals surface area (Å²) in [6, 6.07) is 2.07. The molecule has 2 aromatic rings. The first-order chi connectivity index (χ1) is 9.32. The molecule has 2 nitrogen and oxygen atoms in total. The van der Waals surface area contributed by atoms with Crippen LogP contribution in [0, 0.1) is 32.4 Å². The van der Waals surface area contributed by atoms with E-state index in [2.05, 4.69) is 15.9 Å². The molecule has 1 aromatic heterocycles. The highest BCUT2D eigenvalue weighted by atomic mass is 79.9. The molecule has 0 amide bonds. The Morgan fingerprint density at radius 2 is 1.85 bits per heavy atom. The van der Waals surface area contributed by atoms with Crippen LogP contribution in [0.25, 0.3) is 0 Å². The summed E-state index contributed by atoms with van der Waals surface area (Å²) >= 11 is 3.06. The molecule has 0 saturated heterocycles. The Hall–Kier alpha value is -1.20. The van der Waals surface area contributed by atoms with Crippen molar-refractivity contribution in [3.63, 3.8) is 0 Å². The molecule has 0 aliphatic rings. The number of benzene rings is 1. The number of hydrogen-bond acceptors (Lipinski definition) is 2. The molecular formula is C15H16BrF2NO. The Morgan fingerprint density at radius 3 is 2.40 bits per heavy atom. The average Bonchev–Trinajstić information content (AvgIpc) is 2.63. The van der Waals surface area contributed by atoms with Crippen LogP contribution in [0.1, 0.15) is 34.3 Å².